The maximum absolute atomic E-state index is 12.8. The monoisotopic (exact) mass is 589 g/mol. The minimum atomic E-state index is -1.37. The summed E-state index contributed by atoms with van der Waals surface area (Å²) in [6, 6.07) is 10.1. The zero-order chi connectivity index (χ0) is 30.8. The molecule has 0 aliphatic carbocycles. The number of amides is 1. The number of fused-ring (bicyclic) bond motifs is 1. The number of aromatic nitrogens is 5. The van der Waals surface area contributed by atoms with Gasteiger partial charge in [0.25, 0.3) is 5.91 Å². The van der Waals surface area contributed by atoms with E-state index in [9.17, 15) is 19.2 Å². The second kappa shape index (κ2) is 14.6. The van der Waals surface area contributed by atoms with E-state index in [1.165, 1.54) is 6.92 Å². The Morgan fingerprint density at radius 2 is 1.65 bits per heavy atom. The van der Waals surface area contributed by atoms with Crippen molar-refractivity contribution in [2.45, 2.75) is 39.7 Å². The third-order valence-electron chi connectivity index (χ3n) is 6.56. The first kappa shape index (κ1) is 30.8. The summed E-state index contributed by atoms with van der Waals surface area (Å²) in [5.41, 5.74) is 1.59. The van der Waals surface area contributed by atoms with Crippen LogP contribution >= 0.6 is 0 Å². The van der Waals surface area contributed by atoms with Crippen LogP contribution in [0.1, 0.15) is 33.6 Å². The van der Waals surface area contributed by atoms with Gasteiger partial charge in [0.1, 0.15) is 0 Å². The third kappa shape index (κ3) is 8.90. The molecule has 15 nitrogen and oxygen atoms in total. The number of hydrogen-bond donors (Lipinski definition) is 6. The van der Waals surface area contributed by atoms with Gasteiger partial charge in [0.2, 0.25) is 17.9 Å². The van der Waals surface area contributed by atoms with E-state index in [1.54, 1.807) is 42.5 Å². The Labute approximate surface area is 246 Å². The number of aromatic amines is 3. The Morgan fingerprint density at radius 3 is 2.37 bits per heavy atom. The van der Waals surface area contributed by atoms with Gasteiger partial charge in [-0.3, -0.25) is 14.6 Å². The number of ketones is 1. The van der Waals surface area contributed by atoms with Crippen LogP contribution in [0.25, 0.3) is 11.0 Å². The molecule has 0 aliphatic heterocycles. The minimum absolute atomic E-state index is 0.218. The first-order chi connectivity index (χ1) is 20.7. The molecule has 0 radical (unpaired) electrons. The normalized spacial score (nSPS) is 12.1. The number of H-pyrrole nitrogens is 3. The second-order valence-electron chi connectivity index (χ2n) is 9.72. The smallest absolute Gasteiger partial charge is 0.351 e. The molecule has 43 heavy (non-hydrogen) atoms. The number of imidazole rings is 1. The topological polar surface area (TPSA) is 205 Å². The van der Waals surface area contributed by atoms with E-state index in [0.29, 0.717) is 34.6 Å². The van der Waals surface area contributed by atoms with Crippen molar-refractivity contribution in [3.05, 3.63) is 63.4 Å². The molecule has 1 unspecified atom stereocenters. The SMILES string of the molecule is CCN(CC)CCCCNc1nc(Nc2ccc(N=NC(C(C)=O)C(=O)Nc3ccc4[nH]c(=O)[nH]c4c3)cc2)[nH]c(=O)n1. The predicted molar refractivity (Wildman–Crippen MR) is 164 cm³/mol. The standard InChI is InChI=1S/C28H35N11O4/c1-4-39(5-2)15-7-6-14-29-25-34-26(36-28(43)35-25)31-18-8-10-19(11-9-18)37-38-23(17(3)40)24(41)30-20-12-13-21-22(16-20)33-27(42)32-21/h8-13,16,23H,4-7,14-15H2,1-3H3,(H,30,41)(H2,32,33,42)(H3,29,31,34,35,36,43). The van der Waals surface area contributed by atoms with Crippen molar-refractivity contribution in [2.24, 2.45) is 10.2 Å². The highest BCUT2D eigenvalue weighted by molar-refractivity contribution is 6.10. The first-order valence-electron chi connectivity index (χ1n) is 14.0. The average Bonchev–Trinajstić information content (AvgIpc) is 3.35. The number of nitrogens with zero attached hydrogens (tertiary/aromatic N) is 5. The lowest BCUT2D eigenvalue weighted by Gasteiger charge is -2.17. The number of hydrogen-bond acceptors (Lipinski definition) is 11. The summed E-state index contributed by atoms with van der Waals surface area (Å²) in [6.45, 7) is 9.24. The van der Waals surface area contributed by atoms with Crippen LogP contribution in [0.4, 0.5) is 29.0 Å². The second-order valence-corrected chi connectivity index (χ2v) is 9.72. The Bertz CT molecular complexity index is 1690. The van der Waals surface area contributed by atoms with Gasteiger partial charge in [0.15, 0.2) is 5.78 Å². The highest BCUT2D eigenvalue weighted by Crippen LogP contribution is 2.20. The van der Waals surface area contributed by atoms with Gasteiger partial charge in [-0.1, -0.05) is 13.8 Å². The van der Waals surface area contributed by atoms with Crippen LogP contribution in [0, 0.1) is 0 Å². The number of rotatable bonds is 15. The molecule has 0 saturated heterocycles. The Hall–Kier alpha value is -5.18. The number of anilines is 4. The lowest BCUT2D eigenvalue weighted by molar-refractivity contribution is -0.126. The van der Waals surface area contributed by atoms with E-state index >= 15 is 0 Å². The number of unbranched alkanes of at least 4 members (excludes halogenated alkanes) is 1. The number of Topliss-reactive ketones (excluding diaryl/α,β-unsaturated/α-hetero) is 1. The van der Waals surface area contributed by atoms with Crippen molar-refractivity contribution in [1.82, 2.24) is 29.8 Å². The van der Waals surface area contributed by atoms with Crippen LogP contribution in [-0.4, -0.2) is 73.7 Å². The molecule has 15 heteroatoms. The molecule has 2 heterocycles. The summed E-state index contributed by atoms with van der Waals surface area (Å²) in [5, 5.41) is 16.8. The molecular weight excluding hydrogens is 554 g/mol. The number of benzene rings is 2. The van der Waals surface area contributed by atoms with E-state index in [0.717, 1.165) is 32.5 Å². The number of carbonyl (C=O) groups excluding carboxylic acids is 2. The molecule has 0 spiro atoms. The average molecular weight is 590 g/mol. The highest BCUT2D eigenvalue weighted by atomic mass is 16.2. The minimum Gasteiger partial charge on any atom is -0.354 e. The van der Waals surface area contributed by atoms with Gasteiger partial charge >= 0.3 is 11.4 Å². The fraction of sp³-hybridized carbons (Fsp3) is 0.357. The first-order valence-corrected chi connectivity index (χ1v) is 14.0. The van der Waals surface area contributed by atoms with Crippen LogP contribution in [0.15, 0.2) is 62.3 Å². The number of carbonyl (C=O) groups is 2. The van der Waals surface area contributed by atoms with Crippen molar-refractivity contribution in [3.63, 3.8) is 0 Å². The summed E-state index contributed by atoms with van der Waals surface area (Å²) in [6.07, 6.45) is 1.95. The van der Waals surface area contributed by atoms with Crippen molar-refractivity contribution in [1.29, 1.82) is 0 Å². The van der Waals surface area contributed by atoms with E-state index < -0.39 is 23.4 Å². The maximum Gasteiger partial charge on any atom is 0.351 e. The van der Waals surface area contributed by atoms with Crippen molar-refractivity contribution < 1.29 is 9.59 Å². The van der Waals surface area contributed by atoms with Gasteiger partial charge < -0.3 is 30.8 Å². The van der Waals surface area contributed by atoms with Gasteiger partial charge in [0.05, 0.1) is 16.7 Å². The number of azo groups is 1. The zero-order valence-corrected chi connectivity index (χ0v) is 24.2. The van der Waals surface area contributed by atoms with E-state index in [4.69, 9.17) is 0 Å². The summed E-state index contributed by atoms with van der Waals surface area (Å²) in [7, 11) is 0. The van der Waals surface area contributed by atoms with Crippen LogP contribution in [0.3, 0.4) is 0 Å². The molecule has 0 saturated carbocycles. The molecule has 0 bridgehead atoms. The van der Waals surface area contributed by atoms with E-state index in [-0.39, 0.29) is 17.6 Å². The van der Waals surface area contributed by atoms with Crippen molar-refractivity contribution in [2.75, 3.05) is 42.1 Å². The molecule has 0 fully saturated rings. The summed E-state index contributed by atoms with van der Waals surface area (Å²) in [5.74, 6) is -0.700. The molecule has 226 valence electrons. The Morgan fingerprint density at radius 1 is 0.930 bits per heavy atom. The largest absolute Gasteiger partial charge is 0.354 e. The Kier molecular flexibility index (Phi) is 10.5. The van der Waals surface area contributed by atoms with Crippen molar-refractivity contribution in [3.8, 4) is 0 Å². The predicted octanol–water partition coefficient (Wildman–Crippen LogP) is 3.29. The molecule has 2 aromatic heterocycles. The molecule has 1 atom stereocenters. The molecule has 6 N–H and O–H groups in total. The molecular formula is C28H35N11O4. The lowest BCUT2D eigenvalue weighted by Crippen LogP contribution is -2.31. The van der Waals surface area contributed by atoms with E-state index in [2.05, 4.69) is 69.8 Å². The van der Waals surface area contributed by atoms with Crippen LogP contribution in [0.2, 0.25) is 0 Å². The molecule has 4 rings (SSSR count). The van der Waals surface area contributed by atoms with E-state index in [1.807, 2.05) is 0 Å². The summed E-state index contributed by atoms with van der Waals surface area (Å²) < 4.78 is 0. The van der Waals surface area contributed by atoms with Gasteiger partial charge in [0, 0.05) is 17.9 Å². The van der Waals surface area contributed by atoms with Crippen LogP contribution < -0.4 is 27.3 Å². The highest BCUT2D eigenvalue weighted by Gasteiger charge is 2.23. The zero-order valence-electron chi connectivity index (χ0n) is 24.2. The van der Waals surface area contributed by atoms with Crippen LogP contribution in [0.5, 0.6) is 0 Å². The lowest BCUT2D eigenvalue weighted by atomic mass is 10.2. The maximum atomic E-state index is 12.8. The van der Waals surface area contributed by atoms with Gasteiger partial charge in [-0.25, -0.2) is 9.59 Å². The molecule has 0 aliphatic rings. The number of nitrogens with one attached hydrogen (secondary N) is 6. The van der Waals surface area contributed by atoms with Crippen molar-refractivity contribution >= 4 is 51.7 Å². The fourth-order valence-corrected chi connectivity index (χ4v) is 4.23. The van der Waals surface area contributed by atoms with Gasteiger partial charge in [-0.05, 0) is 81.9 Å². The molecule has 1 amide bonds. The van der Waals surface area contributed by atoms with Gasteiger partial charge in [-0.15, -0.1) is 0 Å². The molecule has 4 aromatic rings. The Balaban J connectivity index is 1.33. The summed E-state index contributed by atoms with van der Waals surface area (Å²) >= 11 is 0. The quantitative estimate of drug-likeness (QED) is 0.0682. The summed E-state index contributed by atoms with van der Waals surface area (Å²) in [4.78, 5) is 66.8. The van der Waals surface area contributed by atoms with Crippen LogP contribution in [-0.2, 0) is 9.59 Å². The third-order valence-corrected chi connectivity index (χ3v) is 6.56. The van der Waals surface area contributed by atoms with Gasteiger partial charge in [-0.2, -0.15) is 20.2 Å². The fourth-order valence-electron chi connectivity index (χ4n) is 4.23. The molecule has 2 aromatic carbocycles.